The fraction of sp³-hybridized carbons (Fsp3) is 0.550. The van der Waals surface area contributed by atoms with Gasteiger partial charge in [0.2, 0.25) is 0 Å². The van der Waals surface area contributed by atoms with Gasteiger partial charge in [0.1, 0.15) is 5.82 Å². The van der Waals surface area contributed by atoms with Crippen molar-refractivity contribution < 1.29 is 18.7 Å². The van der Waals surface area contributed by atoms with Crippen molar-refractivity contribution in [2.24, 2.45) is 0 Å². The molecule has 0 aliphatic heterocycles. The van der Waals surface area contributed by atoms with Crippen molar-refractivity contribution in [3.8, 4) is 0 Å². The lowest BCUT2D eigenvalue weighted by Crippen LogP contribution is -2.36. The second-order valence-electron chi connectivity index (χ2n) is 6.82. The number of ether oxygens (including phenoxy) is 2. The van der Waals surface area contributed by atoms with Gasteiger partial charge in [-0.05, 0) is 45.6 Å². The van der Waals surface area contributed by atoms with Crippen molar-refractivity contribution in [3.05, 3.63) is 47.5 Å². The van der Waals surface area contributed by atoms with Gasteiger partial charge >= 0.3 is 0 Å². The molecule has 0 bridgehead atoms. The van der Waals surface area contributed by atoms with Crippen LogP contribution in [0.4, 0.5) is 4.39 Å². The number of rotatable bonds is 12. The maximum Gasteiger partial charge on any atom is 0.276 e. The van der Waals surface area contributed by atoms with Gasteiger partial charge in [0, 0.05) is 32.8 Å². The highest BCUT2D eigenvalue weighted by Gasteiger charge is 2.21. The molecule has 1 amide bonds. The molecule has 0 saturated heterocycles. The zero-order chi connectivity index (χ0) is 21.2. The van der Waals surface area contributed by atoms with Crippen LogP contribution in [0.25, 0.3) is 0 Å². The normalized spacial score (nSPS) is 11.4. The zero-order valence-corrected chi connectivity index (χ0v) is 17.5. The first kappa shape index (κ1) is 22.9. The third-order valence-electron chi connectivity index (χ3n) is 4.19. The van der Waals surface area contributed by atoms with E-state index in [0.717, 1.165) is 5.56 Å². The monoisotopic (exact) mass is 407 g/mol. The third-order valence-corrected chi connectivity index (χ3v) is 4.19. The minimum atomic E-state index is -0.446. The Hall–Kier alpha value is -2.36. The Morgan fingerprint density at radius 2 is 1.79 bits per heavy atom. The fourth-order valence-electron chi connectivity index (χ4n) is 2.71. The van der Waals surface area contributed by atoms with E-state index in [-0.39, 0.29) is 17.4 Å². The average molecular weight is 407 g/mol. The molecule has 0 aliphatic rings. The summed E-state index contributed by atoms with van der Waals surface area (Å²) in [5.41, 5.74) is 1.09. The first-order valence-electron chi connectivity index (χ1n) is 9.74. The molecule has 0 aliphatic carbocycles. The number of carbonyl (C=O) groups excluding carboxylic acids is 1. The molecule has 0 atom stereocenters. The molecule has 8 nitrogen and oxygen atoms in total. The van der Waals surface area contributed by atoms with E-state index in [1.807, 2.05) is 32.8 Å². The van der Waals surface area contributed by atoms with Crippen LogP contribution in [0.1, 0.15) is 29.9 Å². The second kappa shape index (κ2) is 11.6. The van der Waals surface area contributed by atoms with Gasteiger partial charge in [0.05, 0.1) is 12.7 Å². The van der Waals surface area contributed by atoms with Gasteiger partial charge in [-0.3, -0.25) is 4.79 Å². The molecule has 0 fully saturated rings. The van der Waals surface area contributed by atoms with Gasteiger partial charge in [-0.25, -0.2) is 9.07 Å². The molecule has 0 N–H and O–H groups in total. The molecule has 1 aromatic heterocycles. The first-order valence-corrected chi connectivity index (χ1v) is 9.74. The molecule has 29 heavy (non-hydrogen) atoms. The second-order valence-corrected chi connectivity index (χ2v) is 6.82. The largest absolute Gasteiger partial charge is 0.351 e. The Morgan fingerprint density at radius 1 is 1.14 bits per heavy atom. The Labute approximate surface area is 171 Å². The van der Waals surface area contributed by atoms with Crippen LogP contribution >= 0.6 is 0 Å². The predicted octanol–water partition coefficient (Wildman–Crippen LogP) is 2.02. The highest BCUT2D eigenvalue weighted by atomic mass is 19.1. The number of nitrogens with zero attached hydrogens (tertiary/aromatic N) is 5. The molecule has 1 aromatic carbocycles. The molecule has 1 heterocycles. The van der Waals surface area contributed by atoms with E-state index >= 15 is 0 Å². The van der Waals surface area contributed by atoms with Gasteiger partial charge in [-0.1, -0.05) is 17.3 Å². The highest BCUT2D eigenvalue weighted by molar-refractivity contribution is 5.91. The topological polar surface area (TPSA) is 72.7 Å². The van der Waals surface area contributed by atoms with Crippen LogP contribution in [0.2, 0.25) is 0 Å². The fourth-order valence-corrected chi connectivity index (χ4v) is 2.71. The maximum atomic E-state index is 13.2. The number of aromatic nitrogens is 3. The minimum Gasteiger partial charge on any atom is -0.351 e. The number of carbonyl (C=O) groups is 1. The Morgan fingerprint density at radius 3 is 2.38 bits per heavy atom. The van der Waals surface area contributed by atoms with Gasteiger partial charge < -0.3 is 19.3 Å². The van der Waals surface area contributed by atoms with Crippen molar-refractivity contribution in [2.45, 2.75) is 33.2 Å². The van der Waals surface area contributed by atoms with E-state index in [0.29, 0.717) is 39.4 Å². The molecule has 0 unspecified atom stereocenters. The van der Waals surface area contributed by atoms with Gasteiger partial charge in [-0.2, -0.15) is 0 Å². The molecular weight excluding hydrogens is 377 g/mol. The van der Waals surface area contributed by atoms with Gasteiger partial charge in [0.15, 0.2) is 12.0 Å². The maximum absolute atomic E-state index is 13.2. The summed E-state index contributed by atoms with van der Waals surface area (Å²) in [5, 5.41) is 8.07. The van der Waals surface area contributed by atoms with E-state index in [4.69, 9.17) is 9.47 Å². The van der Waals surface area contributed by atoms with Crippen molar-refractivity contribution in [3.63, 3.8) is 0 Å². The van der Waals surface area contributed by atoms with Crippen LogP contribution in [-0.4, -0.2) is 77.4 Å². The molecule has 0 radical (unpaired) electrons. The van der Waals surface area contributed by atoms with Crippen LogP contribution in [0.5, 0.6) is 0 Å². The van der Waals surface area contributed by atoms with E-state index in [1.54, 1.807) is 27.9 Å². The van der Waals surface area contributed by atoms with E-state index in [1.165, 1.54) is 12.1 Å². The molecule has 9 heteroatoms. The lowest BCUT2D eigenvalue weighted by Gasteiger charge is -2.23. The van der Waals surface area contributed by atoms with Crippen molar-refractivity contribution >= 4 is 5.91 Å². The molecule has 2 aromatic rings. The van der Waals surface area contributed by atoms with Gasteiger partial charge in [-0.15, -0.1) is 5.10 Å². The summed E-state index contributed by atoms with van der Waals surface area (Å²) in [6.07, 6.45) is 1.15. The highest BCUT2D eigenvalue weighted by Crippen LogP contribution is 2.10. The Balaban J connectivity index is 2.10. The number of hydrogen-bond acceptors (Lipinski definition) is 6. The van der Waals surface area contributed by atoms with Crippen LogP contribution in [0, 0.1) is 5.82 Å². The van der Waals surface area contributed by atoms with Crippen LogP contribution < -0.4 is 0 Å². The number of hydrogen-bond donors (Lipinski definition) is 0. The van der Waals surface area contributed by atoms with Crippen LogP contribution in [-0.2, 0) is 22.6 Å². The summed E-state index contributed by atoms with van der Waals surface area (Å²) in [7, 11) is 3.89. The average Bonchev–Trinajstić information content (AvgIpc) is 3.15. The van der Waals surface area contributed by atoms with Gasteiger partial charge in [0.25, 0.3) is 5.91 Å². The summed E-state index contributed by atoms with van der Waals surface area (Å²) in [6, 6.07) is 6.14. The standard InChI is InChI=1S/C20H30FN5O3/c1-5-28-19(29-6-2)15-26-14-18(22-23-26)20(27)25(12-11-24(3)4)13-16-7-9-17(21)10-8-16/h7-10,14,19H,5-6,11-13,15H2,1-4H3. The predicted molar refractivity (Wildman–Crippen MR) is 107 cm³/mol. The quantitative estimate of drug-likeness (QED) is 0.501. The van der Waals surface area contributed by atoms with E-state index in [9.17, 15) is 9.18 Å². The minimum absolute atomic E-state index is 0.230. The van der Waals surface area contributed by atoms with Crippen molar-refractivity contribution in [1.82, 2.24) is 24.8 Å². The third kappa shape index (κ3) is 7.52. The summed E-state index contributed by atoms with van der Waals surface area (Å²) in [4.78, 5) is 16.7. The summed E-state index contributed by atoms with van der Waals surface area (Å²) in [6.45, 7) is 6.72. The summed E-state index contributed by atoms with van der Waals surface area (Å²) < 4.78 is 25.8. The summed E-state index contributed by atoms with van der Waals surface area (Å²) in [5.74, 6) is -0.534. The molecule has 0 spiro atoms. The molecule has 160 valence electrons. The zero-order valence-electron chi connectivity index (χ0n) is 17.5. The molecule has 2 rings (SSSR count). The number of likely N-dealkylation sites (N-methyl/N-ethyl adjacent to an activating group) is 1. The van der Waals surface area contributed by atoms with E-state index in [2.05, 4.69) is 10.3 Å². The van der Waals surface area contributed by atoms with Crippen molar-refractivity contribution in [1.29, 1.82) is 0 Å². The Bertz CT molecular complexity index is 745. The smallest absolute Gasteiger partial charge is 0.276 e. The summed E-state index contributed by atoms with van der Waals surface area (Å²) >= 11 is 0. The van der Waals surface area contributed by atoms with Crippen molar-refractivity contribution in [2.75, 3.05) is 40.4 Å². The Kier molecular flexibility index (Phi) is 9.17. The van der Waals surface area contributed by atoms with Crippen LogP contribution in [0.15, 0.2) is 30.5 Å². The van der Waals surface area contributed by atoms with E-state index < -0.39 is 6.29 Å². The number of amides is 1. The van der Waals surface area contributed by atoms with Crippen LogP contribution in [0.3, 0.4) is 0 Å². The molecule has 0 saturated carbocycles. The molecular formula is C20H30FN5O3. The lowest BCUT2D eigenvalue weighted by molar-refractivity contribution is -0.145. The number of benzene rings is 1. The first-order chi connectivity index (χ1) is 13.9. The SMILES string of the molecule is CCOC(Cn1cc(C(=O)N(CCN(C)C)Cc2ccc(F)cc2)nn1)OCC. The number of halogens is 1. The lowest BCUT2D eigenvalue weighted by atomic mass is 10.2.